The van der Waals surface area contributed by atoms with Crippen LogP contribution in [0.5, 0.6) is 0 Å². The van der Waals surface area contributed by atoms with Gasteiger partial charge < -0.3 is 10.4 Å². The average Bonchev–Trinajstić information content (AvgIpc) is 3.03. The van der Waals surface area contributed by atoms with Gasteiger partial charge in [-0.05, 0) is 31.9 Å². The van der Waals surface area contributed by atoms with Crippen molar-refractivity contribution in [2.75, 3.05) is 0 Å². The minimum Gasteiger partial charge on any atom is -0.389 e. The second-order valence-corrected chi connectivity index (χ2v) is 7.47. The molecule has 1 aliphatic rings. The molecule has 1 aliphatic carbocycles. The van der Waals surface area contributed by atoms with E-state index >= 15 is 0 Å². The lowest BCUT2D eigenvalue weighted by Gasteiger charge is -2.22. The number of nitrogens with one attached hydrogen (secondary N) is 1. The van der Waals surface area contributed by atoms with Crippen LogP contribution in [0.1, 0.15) is 44.0 Å². The maximum Gasteiger partial charge on any atom is 0.223 e. The van der Waals surface area contributed by atoms with Crippen molar-refractivity contribution < 1.29 is 9.90 Å². The first-order valence-corrected chi connectivity index (χ1v) is 8.72. The van der Waals surface area contributed by atoms with E-state index in [9.17, 15) is 9.90 Å². The van der Waals surface area contributed by atoms with E-state index in [4.69, 9.17) is 0 Å². The fourth-order valence-corrected chi connectivity index (χ4v) is 4.25. The van der Waals surface area contributed by atoms with Crippen LogP contribution in [0.25, 0.3) is 10.2 Å². The van der Waals surface area contributed by atoms with Gasteiger partial charge in [0.25, 0.3) is 0 Å². The number of hydrogen-bond acceptors (Lipinski definition) is 4. The normalized spacial score (nSPS) is 18.5. The van der Waals surface area contributed by atoms with Gasteiger partial charge in [-0.15, -0.1) is 11.3 Å². The summed E-state index contributed by atoms with van der Waals surface area (Å²) >= 11 is 1.67. The molecule has 5 heteroatoms. The minimum absolute atomic E-state index is 0.0260. The van der Waals surface area contributed by atoms with E-state index in [0.717, 1.165) is 42.6 Å². The summed E-state index contributed by atoms with van der Waals surface area (Å²) in [7, 11) is 0. The molecule has 1 atom stereocenters. The number of benzene rings is 1. The van der Waals surface area contributed by atoms with E-state index in [1.54, 1.807) is 11.3 Å². The summed E-state index contributed by atoms with van der Waals surface area (Å²) in [5, 5.41) is 14.3. The van der Waals surface area contributed by atoms with Crippen molar-refractivity contribution in [1.29, 1.82) is 0 Å². The number of amides is 1. The molecular formula is C17H22N2O2S. The fraction of sp³-hybridized carbons (Fsp3) is 0.529. The molecule has 1 fully saturated rings. The first-order chi connectivity index (χ1) is 10.5. The predicted octanol–water partition coefficient (Wildman–Crippen LogP) is 3.04. The average molecular weight is 318 g/mol. The van der Waals surface area contributed by atoms with Crippen LogP contribution >= 0.6 is 11.3 Å². The number of fused-ring (bicyclic) bond motifs is 1. The zero-order valence-corrected chi connectivity index (χ0v) is 13.7. The Hall–Kier alpha value is -1.46. The summed E-state index contributed by atoms with van der Waals surface area (Å²) in [5.41, 5.74) is 0.237. The maximum atomic E-state index is 12.1. The molecule has 1 saturated carbocycles. The molecule has 4 nitrogen and oxygen atoms in total. The van der Waals surface area contributed by atoms with Crippen LogP contribution in [0.3, 0.4) is 0 Å². The highest BCUT2D eigenvalue weighted by atomic mass is 32.1. The van der Waals surface area contributed by atoms with Crippen molar-refractivity contribution in [2.24, 2.45) is 0 Å². The molecule has 1 aromatic heterocycles. The van der Waals surface area contributed by atoms with Gasteiger partial charge in [-0.2, -0.15) is 0 Å². The molecule has 0 radical (unpaired) electrons. The Morgan fingerprint density at radius 2 is 2.14 bits per heavy atom. The molecule has 0 spiro atoms. The fourth-order valence-electron chi connectivity index (χ4n) is 3.15. The molecule has 3 rings (SSSR count). The number of aliphatic hydroxyl groups is 1. The molecule has 1 unspecified atom stereocenters. The number of nitrogens with zero attached hydrogens (tertiary/aromatic N) is 1. The second kappa shape index (κ2) is 6.34. The van der Waals surface area contributed by atoms with Crippen LogP contribution in [0, 0.1) is 0 Å². The van der Waals surface area contributed by atoms with E-state index in [1.165, 1.54) is 4.70 Å². The number of thiazole rings is 1. The van der Waals surface area contributed by atoms with Crippen LogP contribution in [-0.2, 0) is 11.2 Å². The Balaban J connectivity index is 1.55. The minimum atomic E-state index is -0.778. The quantitative estimate of drug-likeness (QED) is 0.891. The zero-order chi connectivity index (χ0) is 15.6. The standard InChI is InChI=1S/C17H22N2O2S/c1-12(18-15(20)11-17(21)8-4-5-9-17)10-16-19-13-6-2-3-7-14(13)22-16/h2-3,6-7,12,21H,4-5,8-11H2,1H3,(H,18,20). The monoisotopic (exact) mass is 318 g/mol. The van der Waals surface area contributed by atoms with Gasteiger partial charge in [-0.25, -0.2) is 4.98 Å². The Bertz CT molecular complexity index is 628. The van der Waals surface area contributed by atoms with Crippen molar-refractivity contribution in [3.8, 4) is 0 Å². The first kappa shape index (κ1) is 15.4. The lowest BCUT2D eigenvalue weighted by Crippen LogP contribution is -2.39. The molecule has 1 heterocycles. The molecule has 0 saturated heterocycles. The molecule has 118 valence electrons. The van der Waals surface area contributed by atoms with E-state index in [-0.39, 0.29) is 18.4 Å². The lowest BCUT2D eigenvalue weighted by molar-refractivity contribution is -0.126. The summed E-state index contributed by atoms with van der Waals surface area (Å²) in [5.74, 6) is -0.0574. The number of carbonyl (C=O) groups excluding carboxylic acids is 1. The number of rotatable bonds is 5. The van der Waals surface area contributed by atoms with Crippen LogP contribution in [-0.4, -0.2) is 27.6 Å². The first-order valence-electron chi connectivity index (χ1n) is 7.90. The zero-order valence-electron chi connectivity index (χ0n) is 12.8. The maximum absolute atomic E-state index is 12.1. The Kier molecular flexibility index (Phi) is 4.45. The lowest BCUT2D eigenvalue weighted by atomic mass is 9.97. The molecule has 1 aromatic carbocycles. The SMILES string of the molecule is CC(Cc1nc2ccccc2s1)NC(=O)CC1(O)CCCC1. The largest absolute Gasteiger partial charge is 0.389 e. The summed E-state index contributed by atoms with van der Waals surface area (Å²) in [6, 6.07) is 8.10. The second-order valence-electron chi connectivity index (χ2n) is 6.36. The molecule has 2 aromatic rings. The number of aromatic nitrogens is 1. The third-order valence-electron chi connectivity index (χ3n) is 4.25. The summed E-state index contributed by atoms with van der Waals surface area (Å²) in [6.45, 7) is 1.99. The van der Waals surface area contributed by atoms with Crippen molar-refractivity contribution in [1.82, 2.24) is 10.3 Å². The van der Waals surface area contributed by atoms with Gasteiger partial charge in [0.15, 0.2) is 0 Å². The number of para-hydroxylation sites is 1. The van der Waals surface area contributed by atoms with Crippen molar-refractivity contribution >= 4 is 27.5 Å². The van der Waals surface area contributed by atoms with E-state index in [0.29, 0.717) is 0 Å². The number of hydrogen-bond donors (Lipinski definition) is 2. The Morgan fingerprint density at radius 1 is 1.41 bits per heavy atom. The van der Waals surface area contributed by atoms with Crippen LogP contribution in [0.15, 0.2) is 24.3 Å². The predicted molar refractivity (Wildman–Crippen MR) is 89.0 cm³/mol. The molecular weight excluding hydrogens is 296 g/mol. The summed E-state index contributed by atoms with van der Waals surface area (Å²) in [4.78, 5) is 16.7. The topological polar surface area (TPSA) is 62.2 Å². The van der Waals surface area contributed by atoms with Crippen LogP contribution in [0.2, 0.25) is 0 Å². The van der Waals surface area contributed by atoms with Crippen molar-refractivity contribution in [3.05, 3.63) is 29.3 Å². The van der Waals surface area contributed by atoms with Gasteiger partial charge in [-0.1, -0.05) is 25.0 Å². The van der Waals surface area contributed by atoms with Gasteiger partial charge in [0.2, 0.25) is 5.91 Å². The number of carbonyl (C=O) groups is 1. The van der Waals surface area contributed by atoms with Gasteiger partial charge in [0.05, 0.1) is 27.2 Å². The van der Waals surface area contributed by atoms with Gasteiger partial charge in [-0.3, -0.25) is 4.79 Å². The molecule has 2 N–H and O–H groups in total. The summed E-state index contributed by atoms with van der Waals surface area (Å²) in [6.07, 6.45) is 4.47. The van der Waals surface area contributed by atoms with Crippen LogP contribution < -0.4 is 5.32 Å². The molecule has 22 heavy (non-hydrogen) atoms. The highest BCUT2D eigenvalue weighted by Gasteiger charge is 2.33. The highest BCUT2D eigenvalue weighted by molar-refractivity contribution is 7.18. The van der Waals surface area contributed by atoms with E-state index < -0.39 is 5.60 Å². The van der Waals surface area contributed by atoms with E-state index in [2.05, 4.69) is 16.4 Å². The van der Waals surface area contributed by atoms with Crippen molar-refractivity contribution in [2.45, 2.75) is 57.1 Å². The van der Waals surface area contributed by atoms with Gasteiger partial charge in [0.1, 0.15) is 0 Å². The van der Waals surface area contributed by atoms with E-state index in [1.807, 2.05) is 25.1 Å². The third kappa shape index (κ3) is 3.65. The summed E-state index contributed by atoms with van der Waals surface area (Å²) < 4.78 is 1.18. The highest BCUT2D eigenvalue weighted by Crippen LogP contribution is 2.32. The molecule has 0 aliphatic heterocycles. The molecule has 1 amide bonds. The third-order valence-corrected chi connectivity index (χ3v) is 5.31. The van der Waals surface area contributed by atoms with Gasteiger partial charge in [0, 0.05) is 12.5 Å². The van der Waals surface area contributed by atoms with Crippen LogP contribution in [0.4, 0.5) is 0 Å². The Morgan fingerprint density at radius 3 is 2.86 bits per heavy atom. The van der Waals surface area contributed by atoms with Gasteiger partial charge >= 0.3 is 0 Å². The Labute approximate surface area is 134 Å². The smallest absolute Gasteiger partial charge is 0.223 e. The molecule has 0 bridgehead atoms. The van der Waals surface area contributed by atoms with Crippen molar-refractivity contribution in [3.63, 3.8) is 0 Å².